The van der Waals surface area contributed by atoms with Crippen molar-refractivity contribution in [1.29, 1.82) is 0 Å². The van der Waals surface area contributed by atoms with Gasteiger partial charge in [0.05, 0.1) is 6.54 Å². The molecule has 0 bridgehead atoms. The molecule has 0 amide bonds. The second kappa shape index (κ2) is 3.75. The lowest BCUT2D eigenvalue weighted by molar-refractivity contribution is 0.722. The molecule has 2 aromatic heterocycles. The van der Waals surface area contributed by atoms with Gasteiger partial charge in [0.1, 0.15) is 0 Å². The summed E-state index contributed by atoms with van der Waals surface area (Å²) < 4.78 is 1.97. The molecule has 4 heteroatoms. The van der Waals surface area contributed by atoms with E-state index in [2.05, 4.69) is 33.3 Å². The number of pyridine rings is 1. The highest BCUT2D eigenvalue weighted by Gasteiger charge is 2.22. The van der Waals surface area contributed by atoms with Crippen LogP contribution in [0.25, 0.3) is 22.8 Å². The Hall–Kier alpha value is -2.49. The summed E-state index contributed by atoms with van der Waals surface area (Å²) in [6.45, 7) is 2.78. The van der Waals surface area contributed by atoms with Crippen LogP contribution in [0, 0.1) is 6.92 Å². The van der Waals surface area contributed by atoms with E-state index in [0.29, 0.717) is 0 Å². The molecule has 3 heterocycles. The third kappa shape index (κ3) is 1.57. The van der Waals surface area contributed by atoms with Crippen molar-refractivity contribution in [3.05, 3.63) is 53.9 Å². The molecular weight excluding hydrogens is 236 g/mol. The first-order valence-corrected chi connectivity index (χ1v) is 6.27. The average Bonchev–Trinajstić information content (AvgIpc) is 2.96. The molecular formula is C15H12N4. The van der Waals surface area contributed by atoms with Gasteiger partial charge in [-0.1, -0.05) is 24.3 Å². The molecule has 0 atom stereocenters. The van der Waals surface area contributed by atoms with Gasteiger partial charge in [-0.2, -0.15) is 5.10 Å². The Labute approximate surface area is 110 Å². The first kappa shape index (κ1) is 10.4. The molecule has 19 heavy (non-hydrogen) atoms. The number of fused-ring (bicyclic) bond motifs is 3. The fourth-order valence-electron chi connectivity index (χ4n) is 2.50. The maximum absolute atomic E-state index is 4.67. The Bertz CT molecular complexity index is 773. The predicted molar refractivity (Wildman–Crippen MR) is 72.5 cm³/mol. The number of hydrogen-bond donors (Lipinski definition) is 0. The molecule has 0 saturated heterocycles. The lowest BCUT2D eigenvalue weighted by Gasteiger charge is -1.98. The van der Waals surface area contributed by atoms with E-state index in [-0.39, 0.29) is 0 Å². The Balaban J connectivity index is 1.85. The first-order chi connectivity index (χ1) is 9.31. The van der Waals surface area contributed by atoms with E-state index in [9.17, 15) is 0 Å². The summed E-state index contributed by atoms with van der Waals surface area (Å²) in [7, 11) is 0. The van der Waals surface area contributed by atoms with Gasteiger partial charge in [-0.15, -0.1) is 0 Å². The molecule has 0 aliphatic carbocycles. The average molecular weight is 248 g/mol. The SMILES string of the molecule is Cc1cc(-c2nc3n(n2)Cc2ccccc2-3)ccn1. The van der Waals surface area contributed by atoms with Crippen molar-refractivity contribution in [2.75, 3.05) is 0 Å². The van der Waals surface area contributed by atoms with Gasteiger partial charge in [0.25, 0.3) is 0 Å². The highest BCUT2D eigenvalue weighted by atomic mass is 15.4. The van der Waals surface area contributed by atoms with Gasteiger partial charge in [0.15, 0.2) is 11.6 Å². The van der Waals surface area contributed by atoms with Crippen LogP contribution in [-0.4, -0.2) is 19.7 Å². The van der Waals surface area contributed by atoms with Crippen molar-refractivity contribution in [2.24, 2.45) is 0 Å². The summed E-state index contributed by atoms with van der Waals surface area (Å²) >= 11 is 0. The highest BCUT2D eigenvalue weighted by molar-refractivity contribution is 5.67. The van der Waals surface area contributed by atoms with Crippen molar-refractivity contribution in [2.45, 2.75) is 13.5 Å². The molecule has 92 valence electrons. The van der Waals surface area contributed by atoms with Crippen LogP contribution in [0.1, 0.15) is 11.3 Å². The van der Waals surface area contributed by atoms with E-state index in [1.807, 2.05) is 29.8 Å². The Kier molecular flexibility index (Phi) is 2.06. The number of aryl methyl sites for hydroxylation is 1. The van der Waals surface area contributed by atoms with Crippen molar-refractivity contribution < 1.29 is 0 Å². The molecule has 0 radical (unpaired) electrons. The quantitative estimate of drug-likeness (QED) is 0.520. The van der Waals surface area contributed by atoms with Crippen LogP contribution < -0.4 is 0 Å². The summed E-state index contributed by atoms with van der Waals surface area (Å²) in [6.07, 6.45) is 1.80. The smallest absolute Gasteiger partial charge is 0.181 e. The topological polar surface area (TPSA) is 43.6 Å². The van der Waals surface area contributed by atoms with Gasteiger partial charge < -0.3 is 0 Å². The molecule has 1 aliphatic rings. The van der Waals surface area contributed by atoms with Crippen molar-refractivity contribution >= 4 is 0 Å². The zero-order chi connectivity index (χ0) is 12.8. The lowest BCUT2D eigenvalue weighted by atomic mass is 10.1. The monoisotopic (exact) mass is 248 g/mol. The van der Waals surface area contributed by atoms with Crippen LogP contribution in [0.15, 0.2) is 42.6 Å². The minimum Gasteiger partial charge on any atom is -0.262 e. The largest absolute Gasteiger partial charge is 0.262 e. The molecule has 0 N–H and O–H groups in total. The fraction of sp³-hybridized carbons (Fsp3) is 0.133. The third-order valence-corrected chi connectivity index (χ3v) is 3.40. The molecule has 0 fully saturated rings. The zero-order valence-electron chi connectivity index (χ0n) is 10.5. The number of rotatable bonds is 1. The Morgan fingerprint density at radius 1 is 1.16 bits per heavy atom. The van der Waals surface area contributed by atoms with Crippen molar-refractivity contribution in [3.8, 4) is 22.8 Å². The predicted octanol–water partition coefficient (Wildman–Crippen LogP) is 2.68. The van der Waals surface area contributed by atoms with Gasteiger partial charge in [-0.05, 0) is 24.6 Å². The van der Waals surface area contributed by atoms with Crippen LogP contribution in [0.5, 0.6) is 0 Å². The summed E-state index contributed by atoms with van der Waals surface area (Å²) in [4.78, 5) is 8.87. The lowest BCUT2D eigenvalue weighted by Crippen LogP contribution is -1.95. The number of aromatic nitrogens is 4. The van der Waals surface area contributed by atoms with E-state index in [1.54, 1.807) is 6.20 Å². The van der Waals surface area contributed by atoms with E-state index < -0.39 is 0 Å². The molecule has 0 unspecified atom stereocenters. The second-order valence-corrected chi connectivity index (χ2v) is 4.76. The zero-order valence-corrected chi connectivity index (χ0v) is 10.5. The number of benzene rings is 1. The maximum atomic E-state index is 4.67. The molecule has 3 aromatic rings. The second-order valence-electron chi connectivity index (χ2n) is 4.76. The van der Waals surface area contributed by atoms with Gasteiger partial charge in [-0.3, -0.25) is 4.98 Å². The molecule has 1 aliphatic heterocycles. The van der Waals surface area contributed by atoms with E-state index in [4.69, 9.17) is 0 Å². The van der Waals surface area contributed by atoms with Crippen LogP contribution in [-0.2, 0) is 6.54 Å². The van der Waals surface area contributed by atoms with Crippen molar-refractivity contribution in [1.82, 2.24) is 19.7 Å². The fourth-order valence-corrected chi connectivity index (χ4v) is 2.50. The summed E-state index contributed by atoms with van der Waals surface area (Å²) in [5, 5.41) is 4.59. The van der Waals surface area contributed by atoms with Crippen LogP contribution in [0.2, 0.25) is 0 Å². The van der Waals surface area contributed by atoms with Crippen LogP contribution in [0.3, 0.4) is 0 Å². The summed E-state index contributed by atoms with van der Waals surface area (Å²) in [5.41, 5.74) is 4.47. The molecule has 4 rings (SSSR count). The Morgan fingerprint density at radius 2 is 2.05 bits per heavy atom. The van der Waals surface area contributed by atoms with E-state index in [1.165, 1.54) is 11.1 Å². The van der Waals surface area contributed by atoms with Crippen LogP contribution >= 0.6 is 0 Å². The minimum absolute atomic E-state index is 0.773. The third-order valence-electron chi connectivity index (χ3n) is 3.40. The van der Waals surface area contributed by atoms with E-state index >= 15 is 0 Å². The van der Waals surface area contributed by atoms with Crippen LogP contribution in [0.4, 0.5) is 0 Å². The van der Waals surface area contributed by atoms with Gasteiger partial charge in [0.2, 0.25) is 0 Å². The molecule has 0 saturated carbocycles. The summed E-state index contributed by atoms with van der Waals surface area (Å²) in [5.74, 6) is 1.73. The minimum atomic E-state index is 0.773. The standard InChI is InChI=1S/C15H12N4/c1-10-8-11(6-7-16-10)14-17-15-13-5-3-2-4-12(13)9-19(15)18-14/h2-8H,9H2,1H3. The molecule has 0 spiro atoms. The van der Waals surface area contributed by atoms with Gasteiger partial charge >= 0.3 is 0 Å². The normalized spacial score (nSPS) is 12.3. The molecule has 1 aromatic carbocycles. The Morgan fingerprint density at radius 3 is 2.95 bits per heavy atom. The maximum Gasteiger partial charge on any atom is 0.181 e. The number of hydrogen-bond acceptors (Lipinski definition) is 3. The first-order valence-electron chi connectivity index (χ1n) is 6.27. The van der Waals surface area contributed by atoms with E-state index in [0.717, 1.165) is 29.5 Å². The molecule has 4 nitrogen and oxygen atoms in total. The van der Waals surface area contributed by atoms with Gasteiger partial charge in [-0.25, -0.2) is 9.67 Å². The number of nitrogens with zero attached hydrogens (tertiary/aromatic N) is 4. The summed E-state index contributed by atoms with van der Waals surface area (Å²) in [6, 6.07) is 12.3. The highest BCUT2D eigenvalue weighted by Crippen LogP contribution is 2.31. The van der Waals surface area contributed by atoms with Crippen molar-refractivity contribution in [3.63, 3.8) is 0 Å². The van der Waals surface area contributed by atoms with Gasteiger partial charge in [0, 0.05) is 23.0 Å².